The average molecular weight is 296 g/mol. The fourth-order valence-electron chi connectivity index (χ4n) is 2.33. The summed E-state index contributed by atoms with van der Waals surface area (Å²) in [6, 6.07) is 3.79. The zero-order valence-corrected chi connectivity index (χ0v) is 12.9. The smallest absolute Gasteiger partial charge is 0.224 e. The van der Waals surface area contributed by atoms with Crippen LogP contribution in [0.3, 0.4) is 0 Å². The molecule has 0 spiro atoms. The molecule has 0 aliphatic heterocycles. The summed E-state index contributed by atoms with van der Waals surface area (Å²) in [7, 11) is 0. The number of amides is 1. The first-order valence-electron chi connectivity index (χ1n) is 7.22. The molecule has 0 saturated heterocycles. The SMILES string of the molecule is CC(C)(C)C(CCN)CCC(=O)Nc1ccc(O)c(F)c1. The molecule has 1 unspecified atom stereocenters. The van der Waals surface area contributed by atoms with E-state index in [1.54, 1.807) is 0 Å². The molecule has 0 aromatic heterocycles. The van der Waals surface area contributed by atoms with E-state index in [4.69, 9.17) is 10.8 Å². The average Bonchev–Trinajstić information content (AvgIpc) is 2.37. The molecule has 4 N–H and O–H groups in total. The van der Waals surface area contributed by atoms with Crippen molar-refractivity contribution in [2.24, 2.45) is 17.1 Å². The highest BCUT2D eigenvalue weighted by molar-refractivity contribution is 5.90. The van der Waals surface area contributed by atoms with Gasteiger partial charge in [0.1, 0.15) is 0 Å². The van der Waals surface area contributed by atoms with Crippen molar-refractivity contribution in [3.8, 4) is 5.75 Å². The maximum absolute atomic E-state index is 13.2. The zero-order chi connectivity index (χ0) is 16.0. The van der Waals surface area contributed by atoms with Crippen molar-refractivity contribution in [1.29, 1.82) is 0 Å². The molecule has 0 aliphatic carbocycles. The maximum atomic E-state index is 13.2. The molecule has 0 heterocycles. The molecule has 118 valence electrons. The second kappa shape index (κ2) is 7.41. The first kappa shape index (κ1) is 17.4. The lowest BCUT2D eigenvalue weighted by molar-refractivity contribution is -0.116. The molecular formula is C16H25FN2O2. The van der Waals surface area contributed by atoms with Crippen LogP contribution in [0.5, 0.6) is 5.75 Å². The molecule has 0 bridgehead atoms. The van der Waals surface area contributed by atoms with Crippen molar-refractivity contribution in [3.05, 3.63) is 24.0 Å². The van der Waals surface area contributed by atoms with E-state index in [0.717, 1.165) is 18.9 Å². The number of phenols is 1. The highest BCUT2D eigenvalue weighted by Crippen LogP contribution is 2.32. The van der Waals surface area contributed by atoms with Crippen LogP contribution in [0.15, 0.2) is 18.2 Å². The van der Waals surface area contributed by atoms with Crippen LogP contribution in [0.1, 0.15) is 40.0 Å². The summed E-state index contributed by atoms with van der Waals surface area (Å²) in [5, 5.41) is 11.7. The monoisotopic (exact) mass is 296 g/mol. The second-order valence-electron chi connectivity index (χ2n) is 6.39. The number of rotatable bonds is 6. The molecule has 5 heteroatoms. The van der Waals surface area contributed by atoms with Gasteiger partial charge in [-0.1, -0.05) is 20.8 Å². The van der Waals surface area contributed by atoms with E-state index in [9.17, 15) is 9.18 Å². The van der Waals surface area contributed by atoms with Crippen molar-refractivity contribution in [1.82, 2.24) is 0 Å². The predicted molar refractivity (Wildman–Crippen MR) is 82.5 cm³/mol. The van der Waals surface area contributed by atoms with E-state index in [1.165, 1.54) is 12.1 Å². The summed E-state index contributed by atoms with van der Waals surface area (Å²) in [6.07, 6.45) is 1.99. The normalized spacial score (nSPS) is 13.0. The van der Waals surface area contributed by atoms with Crippen LogP contribution in [-0.4, -0.2) is 17.6 Å². The van der Waals surface area contributed by atoms with Crippen molar-refractivity contribution in [3.63, 3.8) is 0 Å². The number of phenolic OH excluding ortho intramolecular Hbond substituents is 1. The van der Waals surface area contributed by atoms with Gasteiger partial charge in [0.2, 0.25) is 5.91 Å². The molecule has 1 aromatic carbocycles. The number of aromatic hydroxyl groups is 1. The molecule has 4 nitrogen and oxygen atoms in total. The van der Waals surface area contributed by atoms with Gasteiger partial charge in [0, 0.05) is 18.2 Å². The first-order valence-corrected chi connectivity index (χ1v) is 7.22. The highest BCUT2D eigenvalue weighted by Gasteiger charge is 2.24. The van der Waals surface area contributed by atoms with Gasteiger partial charge in [-0.3, -0.25) is 4.79 Å². The Bertz CT molecular complexity index is 484. The minimum atomic E-state index is -0.747. The second-order valence-corrected chi connectivity index (χ2v) is 6.39. The third-order valence-electron chi connectivity index (χ3n) is 3.69. The summed E-state index contributed by atoms with van der Waals surface area (Å²) in [5.41, 5.74) is 6.07. The fourth-order valence-corrected chi connectivity index (χ4v) is 2.33. The van der Waals surface area contributed by atoms with E-state index in [1.807, 2.05) is 0 Å². The number of anilines is 1. The van der Waals surface area contributed by atoms with Gasteiger partial charge in [0.15, 0.2) is 11.6 Å². The third kappa shape index (κ3) is 5.71. The van der Waals surface area contributed by atoms with E-state index >= 15 is 0 Å². The van der Waals surface area contributed by atoms with E-state index in [-0.39, 0.29) is 11.3 Å². The summed E-state index contributed by atoms with van der Waals surface area (Å²) >= 11 is 0. The molecule has 1 amide bonds. The van der Waals surface area contributed by atoms with Crippen LogP contribution in [0.2, 0.25) is 0 Å². The summed E-state index contributed by atoms with van der Waals surface area (Å²) in [5.74, 6) is -0.969. The minimum Gasteiger partial charge on any atom is -0.505 e. The Labute approximate surface area is 125 Å². The van der Waals surface area contributed by atoms with E-state index < -0.39 is 11.6 Å². The van der Waals surface area contributed by atoms with Gasteiger partial charge in [-0.05, 0) is 42.9 Å². The Morgan fingerprint density at radius 1 is 1.38 bits per heavy atom. The van der Waals surface area contributed by atoms with Crippen LogP contribution >= 0.6 is 0 Å². The molecule has 1 rings (SSSR count). The van der Waals surface area contributed by atoms with Crippen molar-refractivity contribution in [2.45, 2.75) is 40.0 Å². The lowest BCUT2D eigenvalue weighted by Gasteiger charge is -2.30. The number of nitrogens with two attached hydrogens (primary N) is 1. The van der Waals surface area contributed by atoms with Crippen molar-refractivity contribution < 1.29 is 14.3 Å². The first-order chi connectivity index (χ1) is 9.74. The van der Waals surface area contributed by atoms with Gasteiger partial charge in [-0.15, -0.1) is 0 Å². The molecule has 1 atom stereocenters. The summed E-state index contributed by atoms with van der Waals surface area (Å²) in [4.78, 5) is 11.9. The summed E-state index contributed by atoms with van der Waals surface area (Å²) in [6.45, 7) is 7.02. The molecule has 0 radical (unpaired) electrons. The Kier molecular flexibility index (Phi) is 6.15. The molecular weight excluding hydrogens is 271 g/mol. The largest absolute Gasteiger partial charge is 0.505 e. The standard InChI is InChI=1S/C16H25FN2O2/c1-16(2,3)11(8-9-18)4-7-15(21)19-12-5-6-14(20)13(17)10-12/h5-6,10-11,20H,4,7-9,18H2,1-3H3,(H,19,21). The maximum Gasteiger partial charge on any atom is 0.224 e. The van der Waals surface area contributed by atoms with Crippen LogP contribution in [-0.2, 0) is 4.79 Å². The topological polar surface area (TPSA) is 75.4 Å². The Morgan fingerprint density at radius 2 is 2.05 bits per heavy atom. The van der Waals surface area contributed by atoms with Gasteiger partial charge in [0.25, 0.3) is 0 Å². The molecule has 1 aromatic rings. The number of hydrogen-bond acceptors (Lipinski definition) is 3. The number of carbonyl (C=O) groups is 1. The Morgan fingerprint density at radius 3 is 2.57 bits per heavy atom. The molecule has 21 heavy (non-hydrogen) atoms. The van der Waals surface area contributed by atoms with Crippen LogP contribution in [0, 0.1) is 17.2 Å². The lowest BCUT2D eigenvalue weighted by Crippen LogP contribution is -2.25. The third-order valence-corrected chi connectivity index (χ3v) is 3.69. The van der Waals surface area contributed by atoms with Gasteiger partial charge < -0.3 is 16.2 Å². The van der Waals surface area contributed by atoms with E-state index in [2.05, 4.69) is 26.1 Å². The number of hydrogen-bond donors (Lipinski definition) is 3. The fraction of sp³-hybridized carbons (Fsp3) is 0.562. The van der Waals surface area contributed by atoms with Gasteiger partial charge in [-0.25, -0.2) is 4.39 Å². The van der Waals surface area contributed by atoms with Crippen LogP contribution < -0.4 is 11.1 Å². The minimum absolute atomic E-state index is 0.101. The number of nitrogens with one attached hydrogen (secondary N) is 1. The predicted octanol–water partition coefficient (Wildman–Crippen LogP) is 3.26. The molecule has 0 fully saturated rings. The Balaban J connectivity index is 2.54. The lowest BCUT2D eigenvalue weighted by atomic mass is 9.76. The zero-order valence-electron chi connectivity index (χ0n) is 12.9. The van der Waals surface area contributed by atoms with E-state index in [0.29, 0.717) is 24.6 Å². The summed E-state index contributed by atoms with van der Waals surface area (Å²) < 4.78 is 13.2. The quantitative estimate of drug-likeness (QED) is 0.705. The highest BCUT2D eigenvalue weighted by atomic mass is 19.1. The number of benzene rings is 1. The number of halogens is 1. The van der Waals surface area contributed by atoms with Crippen LogP contribution in [0.25, 0.3) is 0 Å². The molecule has 0 saturated carbocycles. The van der Waals surface area contributed by atoms with Crippen LogP contribution in [0.4, 0.5) is 10.1 Å². The number of carbonyl (C=O) groups excluding carboxylic acids is 1. The Hall–Kier alpha value is -1.62. The van der Waals surface area contributed by atoms with Crippen molar-refractivity contribution in [2.75, 3.05) is 11.9 Å². The van der Waals surface area contributed by atoms with Gasteiger partial charge >= 0.3 is 0 Å². The van der Waals surface area contributed by atoms with Gasteiger partial charge in [-0.2, -0.15) is 0 Å². The van der Waals surface area contributed by atoms with Gasteiger partial charge in [0.05, 0.1) is 0 Å². The van der Waals surface area contributed by atoms with Crippen molar-refractivity contribution >= 4 is 11.6 Å². The molecule has 0 aliphatic rings.